The lowest BCUT2D eigenvalue weighted by Gasteiger charge is -2.18. The van der Waals surface area contributed by atoms with Crippen molar-refractivity contribution in [1.82, 2.24) is 20.8 Å². The Morgan fingerprint density at radius 2 is 2.26 bits per heavy atom. The molecule has 0 unspecified atom stereocenters. The summed E-state index contributed by atoms with van der Waals surface area (Å²) in [5.41, 5.74) is 0. The van der Waals surface area contributed by atoms with Gasteiger partial charge in [-0.15, -0.1) is 0 Å². The lowest BCUT2D eigenvalue weighted by atomic mass is 10.2. The van der Waals surface area contributed by atoms with Crippen molar-refractivity contribution in [3.8, 4) is 5.75 Å². The Balaban J connectivity index is 1.74. The second-order valence-corrected chi connectivity index (χ2v) is 4.90. The molecule has 0 bridgehead atoms. The number of rotatable bonds is 7. The number of halogens is 1. The van der Waals surface area contributed by atoms with Crippen molar-refractivity contribution in [3.63, 3.8) is 0 Å². The Morgan fingerprint density at radius 1 is 1.43 bits per heavy atom. The second-order valence-electron chi connectivity index (χ2n) is 4.90. The topological polar surface area (TPSA) is 89.3 Å². The van der Waals surface area contributed by atoms with Crippen molar-refractivity contribution in [1.29, 1.82) is 0 Å². The van der Waals surface area contributed by atoms with E-state index in [4.69, 9.17) is 9.26 Å². The molecule has 2 amide bonds. The molecule has 0 aliphatic heterocycles. The van der Waals surface area contributed by atoms with Crippen molar-refractivity contribution in [2.75, 3.05) is 6.54 Å². The summed E-state index contributed by atoms with van der Waals surface area (Å²) in [5, 5.41) is 8.98. The zero-order valence-corrected chi connectivity index (χ0v) is 13.0. The molecule has 0 fully saturated rings. The molecule has 0 saturated heterocycles. The number of urea groups is 1. The molecule has 0 aliphatic rings. The minimum atomic E-state index is -0.367. The van der Waals surface area contributed by atoms with Crippen LogP contribution < -0.4 is 15.4 Å². The molecule has 0 aliphatic carbocycles. The largest absolute Gasteiger partial charge is 0.489 e. The summed E-state index contributed by atoms with van der Waals surface area (Å²) in [4.78, 5) is 15.7. The Morgan fingerprint density at radius 3 is 2.91 bits per heavy atom. The third kappa shape index (κ3) is 5.57. The highest BCUT2D eigenvalue weighted by Crippen LogP contribution is 2.14. The van der Waals surface area contributed by atoms with Crippen LogP contribution in [0.1, 0.15) is 25.1 Å². The van der Waals surface area contributed by atoms with Crippen LogP contribution in [0, 0.1) is 12.7 Å². The van der Waals surface area contributed by atoms with Crippen molar-refractivity contribution < 1.29 is 18.4 Å². The van der Waals surface area contributed by atoms with E-state index in [1.54, 1.807) is 19.1 Å². The first kappa shape index (κ1) is 16.7. The second kappa shape index (κ2) is 8.11. The Kier molecular flexibility index (Phi) is 5.90. The fraction of sp³-hybridized carbons (Fsp3) is 0.400. The van der Waals surface area contributed by atoms with E-state index in [1.807, 2.05) is 6.92 Å². The van der Waals surface area contributed by atoms with Gasteiger partial charge in [0.1, 0.15) is 17.7 Å². The van der Waals surface area contributed by atoms with Gasteiger partial charge in [0.05, 0.1) is 13.1 Å². The zero-order chi connectivity index (χ0) is 16.7. The number of ether oxygens (including phenoxy) is 1. The standard InChI is InChI=1S/C15H19FN4O3/c1-3-12(22-13-6-4-5-11(16)7-13)8-17-15(21)18-9-14-19-10(2)23-20-14/h4-7,12H,3,8-9H2,1-2H3,(H2,17,18,21)/t12-/m1/s1. The quantitative estimate of drug-likeness (QED) is 0.815. The number of benzene rings is 1. The van der Waals surface area contributed by atoms with Gasteiger partial charge < -0.3 is 19.9 Å². The predicted molar refractivity (Wildman–Crippen MR) is 80.4 cm³/mol. The average molecular weight is 322 g/mol. The highest BCUT2D eigenvalue weighted by Gasteiger charge is 2.11. The van der Waals surface area contributed by atoms with Crippen LogP contribution in [-0.4, -0.2) is 28.8 Å². The number of carbonyl (C=O) groups is 1. The molecule has 2 rings (SSSR count). The van der Waals surface area contributed by atoms with E-state index in [9.17, 15) is 9.18 Å². The summed E-state index contributed by atoms with van der Waals surface area (Å²) in [5.74, 6) is 0.914. The van der Waals surface area contributed by atoms with E-state index in [2.05, 4.69) is 20.8 Å². The molecule has 2 N–H and O–H groups in total. The maximum absolute atomic E-state index is 13.1. The third-order valence-corrected chi connectivity index (χ3v) is 3.02. The number of carbonyl (C=O) groups excluding carboxylic acids is 1. The Hall–Kier alpha value is -2.64. The van der Waals surface area contributed by atoms with Gasteiger partial charge in [-0.25, -0.2) is 9.18 Å². The van der Waals surface area contributed by atoms with E-state index in [0.717, 1.165) is 0 Å². The van der Waals surface area contributed by atoms with Crippen LogP contribution in [-0.2, 0) is 6.54 Å². The Labute approximate surface area is 133 Å². The number of hydrogen-bond donors (Lipinski definition) is 2. The highest BCUT2D eigenvalue weighted by atomic mass is 19.1. The number of amides is 2. The first-order chi connectivity index (χ1) is 11.1. The van der Waals surface area contributed by atoms with Crippen LogP contribution >= 0.6 is 0 Å². The van der Waals surface area contributed by atoms with Crippen molar-refractivity contribution in [2.24, 2.45) is 0 Å². The lowest BCUT2D eigenvalue weighted by Crippen LogP contribution is -2.41. The molecule has 1 aromatic carbocycles. The molecule has 7 nitrogen and oxygen atoms in total. The molecule has 124 valence electrons. The highest BCUT2D eigenvalue weighted by molar-refractivity contribution is 5.73. The average Bonchev–Trinajstić information content (AvgIpc) is 2.95. The number of nitrogens with zero attached hydrogens (tertiary/aromatic N) is 2. The smallest absolute Gasteiger partial charge is 0.315 e. The predicted octanol–water partition coefficient (Wildman–Crippen LogP) is 2.17. The van der Waals surface area contributed by atoms with Gasteiger partial charge in [0.25, 0.3) is 0 Å². The SMILES string of the molecule is CC[C@H](CNC(=O)NCc1noc(C)n1)Oc1cccc(F)c1. The Bertz CT molecular complexity index is 647. The summed E-state index contributed by atoms with van der Waals surface area (Å²) in [6.07, 6.45) is 0.413. The van der Waals surface area contributed by atoms with Crippen molar-refractivity contribution >= 4 is 6.03 Å². The third-order valence-electron chi connectivity index (χ3n) is 3.02. The van der Waals surface area contributed by atoms with Crippen LogP contribution in [0.15, 0.2) is 28.8 Å². The van der Waals surface area contributed by atoms with Crippen LogP contribution in [0.3, 0.4) is 0 Å². The summed E-state index contributed by atoms with van der Waals surface area (Å²) < 4.78 is 23.6. The first-order valence-electron chi connectivity index (χ1n) is 7.30. The van der Waals surface area contributed by atoms with Crippen LogP contribution in [0.25, 0.3) is 0 Å². The summed E-state index contributed by atoms with van der Waals surface area (Å²) in [6.45, 7) is 4.06. The molecule has 8 heteroatoms. The number of aryl methyl sites for hydroxylation is 1. The van der Waals surface area contributed by atoms with E-state index < -0.39 is 0 Å². The van der Waals surface area contributed by atoms with E-state index >= 15 is 0 Å². The molecular formula is C15H19FN4O3. The molecule has 23 heavy (non-hydrogen) atoms. The molecule has 2 aromatic rings. The van der Waals surface area contributed by atoms with Crippen LogP contribution in [0.4, 0.5) is 9.18 Å². The molecule has 0 radical (unpaired) electrons. The monoisotopic (exact) mass is 322 g/mol. The van der Waals surface area contributed by atoms with E-state index in [1.165, 1.54) is 12.1 Å². The zero-order valence-electron chi connectivity index (χ0n) is 13.0. The van der Waals surface area contributed by atoms with Gasteiger partial charge in [0.15, 0.2) is 5.82 Å². The van der Waals surface area contributed by atoms with Gasteiger partial charge in [0.2, 0.25) is 5.89 Å². The van der Waals surface area contributed by atoms with E-state index in [0.29, 0.717) is 30.4 Å². The van der Waals surface area contributed by atoms with Gasteiger partial charge in [-0.2, -0.15) is 4.98 Å². The summed E-state index contributed by atoms with van der Waals surface area (Å²) >= 11 is 0. The summed E-state index contributed by atoms with van der Waals surface area (Å²) in [6, 6.07) is 5.53. The van der Waals surface area contributed by atoms with Crippen molar-refractivity contribution in [2.45, 2.75) is 32.9 Å². The number of hydrogen-bond acceptors (Lipinski definition) is 5. The fourth-order valence-electron chi connectivity index (χ4n) is 1.84. The molecular weight excluding hydrogens is 303 g/mol. The van der Waals surface area contributed by atoms with Gasteiger partial charge in [0, 0.05) is 13.0 Å². The van der Waals surface area contributed by atoms with Gasteiger partial charge in [-0.05, 0) is 18.6 Å². The van der Waals surface area contributed by atoms with Crippen molar-refractivity contribution in [3.05, 3.63) is 41.8 Å². The van der Waals surface area contributed by atoms with E-state index in [-0.39, 0.29) is 24.5 Å². The maximum atomic E-state index is 13.1. The normalized spacial score (nSPS) is 11.8. The number of aromatic nitrogens is 2. The first-order valence-corrected chi connectivity index (χ1v) is 7.30. The minimum absolute atomic E-state index is 0.171. The van der Waals surface area contributed by atoms with Crippen LogP contribution in [0.5, 0.6) is 5.75 Å². The molecule has 1 atom stereocenters. The molecule has 0 spiro atoms. The molecule has 1 aromatic heterocycles. The van der Waals surface area contributed by atoms with Gasteiger partial charge in [-0.1, -0.05) is 18.1 Å². The maximum Gasteiger partial charge on any atom is 0.315 e. The fourth-order valence-corrected chi connectivity index (χ4v) is 1.84. The molecule has 1 heterocycles. The lowest BCUT2D eigenvalue weighted by molar-refractivity contribution is 0.189. The van der Waals surface area contributed by atoms with Gasteiger partial charge in [-0.3, -0.25) is 0 Å². The number of nitrogens with one attached hydrogen (secondary N) is 2. The summed E-state index contributed by atoms with van der Waals surface area (Å²) in [7, 11) is 0. The molecule has 0 saturated carbocycles. The van der Waals surface area contributed by atoms with Crippen LogP contribution in [0.2, 0.25) is 0 Å². The minimum Gasteiger partial charge on any atom is -0.489 e. The van der Waals surface area contributed by atoms with Gasteiger partial charge >= 0.3 is 6.03 Å².